The monoisotopic (exact) mass is 411 g/mol. The molecule has 1 fully saturated rings. The molecule has 0 aliphatic carbocycles. The third-order valence-electron chi connectivity index (χ3n) is 4.32. The Bertz CT molecular complexity index is 557. The van der Waals surface area contributed by atoms with Crippen LogP contribution in [0.25, 0.3) is 0 Å². The zero-order valence-corrected chi connectivity index (χ0v) is 17.8. The van der Waals surface area contributed by atoms with Gasteiger partial charge in [0, 0.05) is 32.8 Å². The summed E-state index contributed by atoms with van der Waals surface area (Å²) in [5.41, 5.74) is 5.37. The Kier molecular flexibility index (Phi) is 11.6. The minimum Gasteiger partial charge on any atom is -0.378 e. The van der Waals surface area contributed by atoms with Crippen LogP contribution in [-0.2, 0) is 14.2 Å². The maximum absolute atomic E-state index is 5.65. The Balaban J connectivity index is 1.80. The van der Waals surface area contributed by atoms with Gasteiger partial charge in [-0.15, -0.1) is 0 Å². The van der Waals surface area contributed by atoms with Crippen molar-refractivity contribution in [1.29, 1.82) is 0 Å². The van der Waals surface area contributed by atoms with Crippen LogP contribution in [-0.4, -0.2) is 80.3 Å². The molecule has 0 saturated carbocycles. The first-order valence-electron chi connectivity index (χ1n) is 10.6. The van der Waals surface area contributed by atoms with Gasteiger partial charge in [-0.25, -0.2) is 0 Å². The third-order valence-corrected chi connectivity index (χ3v) is 4.32. The van der Waals surface area contributed by atoms with E-state index in [9.17, 15) is 0 Å². The largest absolute Gasteiger partial charge is 0.378 e. The second-order valence-corrected chi connectivity index (χ2v) is 7.37. The summed E-state index contributed by atoms with van der Waals surface area (Å²) < 4.78 is 16.4. The number of nitrogens with one attached hydrogen (secondary N) is 3. The van der Waals surface area contributed by atoms with Crippen molar-refractivity contribution in [3.05, 3.63) is 0 Å². The molecule has 166 valence electrons. The fourth-order valence-corrected chi connectivity index (χ4v) is 2.74. The molecule has 0 aromatic carbocycles. The molecule has 1 unspecified atom stereocenters. The van der Waals surface area contributed by atoms with E-state index < -0.39 is 0 Å². The normalized spacial score (nSPS) is 16.3. The first-order valence-corrected chi connectivity index (χ1v) is 10.6. The molecule has 0 spiro atoms. The fourth-order valence-electron chi connectivity index (χ4n) is 2.74. The smallest absolute Gasteiger partial charge is 0.229 e. The van der Waals surface area contributed by atoms with E-state index in [4.69, 9.17) is 19.9 Å². The number of ether oxygens (including phenoxy) is 3. The average Bonchev–Trinajstić information content (AvgIpc) is 3.22. The topological polar surface area (TPSA) is 128 Å². The fraction of sp³-hybridized carbons (Fsp3) is 0.842. The van der Waals surface area contributed by atoms with Crippen LogP contribution in [0.4, 0.5) is 17.8 Å². The summed E-state index contributed by atoms with van der Waals surface area (Å²) in [7, 11) is 0. The summed E-state index contributed by atoms with van der Waals surface area (Å²) in [6, 6.07) is 0. The van der Waals surface area contributed by atoms with E-state index in [2.05, 4.69) is 44.7 Å². The van der Waals surface area contributed by atoms with Gasteiger partial charge in [0.1, 0.15) is 0 Å². The van der Waals surface area contributed by atoms with E-state index in [0.29, 0.717) is 69.8 Å². The van der Waals surface area contributed by atoms with Crippen molar-refractivity contribution in [2.45, 2.75) is 39.2 Å². The van der Waals surface area contributed by atoms with Crippen molar-refractivity contribution in [3.63, 3.8) is 0 Å². The number of hydrogen-bond acceptors (Lipinski definition) is 10. The van der Waals surface area contributed by atoms with Crippen LogP contribution in [0.3, 0.4) is 0 Å². The second-order valence-electron chi connectivity index (χ2n) is 7.37. The van der Waals surface area contributed by atoms with E-state index in [-0.39, 0.29) is 6.10 Å². The summed E-state index contributed by atoms with van der Waals surface area (Å²) in [5, 5.41) is 9.75. The van der Waals surface area contributed by atoms with Crippen molar-refractivity contribution in [1.82, 2.24) is 15.0 Å². The molecule has 10 heteroatoms. The van der Waals surface area contributed by atoms with Crippen LogP contribution in [0, 0.1) is 5.92 Å². The zero-order valence-electron chi connectivity index (χ0n) is 17.8. The summed E-state index contributed by atoms with van der Waals surface area (Å²) >= 11 is 0. The van der Waals surface area contributed by atoms with Gasteiger partial charge in [-0.05, 0) is 25.2 Å². The molecule has 29 heavy (non-hydrogen) atoms. The van der Waals surface area contributed by atoms with Crippen molar-refractivity contribution in [3.8, 4) is 0 Å². The number of rotatable bonds is 16. The van der Waals surface area contributed by atoms with Crippen LogP contribution >= 0.6 is 0 Å². The Morgan fingerprint density at radius 2 is 1.62 bits per heavy atom. The van der Waals surface area contributed by atoms with E-state index in [1.807, 2.05) is 0 Å². The summed E-state index contributed by atoms with van der Waals surface area (Å²) in [5.74, 6) is 2.24. The SMILES string of the molecule is CC(C)CCNc1nc(NCCOCCOCCN)nc(NCC2CCCO2)n1. The van der Waals surface area contributed by atoms with Gasteiger partial charge in [0.15, 0.2) is 0 Å². The van der Waals surface area contributed by atoms with Crippen molar-refractivity contribution in [2.75, 3.05) is 75.2 Å². The maximum atomic E-state index is 5.65. The Morgan fingerprint density at radius 3 is 2.24 bits per heavy atom. The Labute approximate surface area is 173 Å². The van der Waals surface area contributed by atoms with Gasteiger partial charge in [0.05, 0.1) is 32.5 Å². The number of nitrogens with zero attached hydrogens (tertiary/aromatic N) is 3. The quantitative estimate of drug-likeness (QED) is 0.296. The van der Waals surface area contributed by atoms with Gasteiger partial charge in [-0.1, -0.05) is 13.8 Å². The molecule has 1 saturated heterocycles. The van der Waals surface area contributed by atoms with Gasteiger partial charge in [-0.2, -0.15) is 15.0 Å². The predicted molar refractivity (Wildman–Crippen MR) is 114 cm³/mol. The lowest BCUT2D eigenvalue weighted by atomic mass is 10.1. The van der Waals surface area contributed by atoms with Crippen LogP contribution in [0.5, 0.6) is 0 Å². The van der Waals surface area contributed by atoms with E-state index in [1.54, 1.807) is 0 Å². The van der Waals surface area contributed by atoms with Crippen molar-refractivity contribution >= 4 is 17.8 Å². The molecule has 1 aliphatic heterocycles. The van der Waals surface area contributed by atoms with Crippen molar-refractivity contribution in [2.24, 2.45) is 11.7 Å². The molecule has 5 N–H and O–H groups in total. The lowest BCUT2D eigenvalue weighted by Crippen LogP contribution is -2.21. The molecule has 1 aromatic rings. The minimum absolute atomic E-state index is 0.218. The van der Waals surface area contributed by atoms with Crippen LogP contribution < -0.4 is 21.7 Å². The van der Waals surface area contributed by atoms with Gasteiger partial charge in [-0.3, -0.25) is 0 Å². The highest BCUT2D eigenvalue weighted by molar-refractivity contribution is 5.42. The molecule has 0 amide bonds. The summed E-state index contributed by atoms with van der Waals surface area (Å²) in [6.07, 6.45) is 3.44. The molecule has 2 rings (SSSR count). The van der Waals surface area contributed by atoms with Gasteiger partial charge >= 0.3 is 0 Å². The number of hydrogen-bond donors (Lipinski definition) is 4. The molecule has 1 aliphatic rings. The van der Waals surface area contributed by atoms with Crippen LogP contribution in [0.15, 0.2) is 0 Å². The first kappa shape index (κ1) is 23.5. The molecule has 0 bridgehead atoms. The molecule has 1 atom stereocenters. The zero-order chi connectivity index (χ0) is 20.7. The van der Waals surface area contributed by atoms with Crippen LogP contribution in [0.2, 0.25) is 0 Å². The first-order chi connectivity index (χ1) is 14.2. The Hall–Kier alpha value is -1.75. The molecule has 2 heterocycles. The second kappa shape index (κ2) is 14.3. The van der Waals surface area contributed by atoms with Gasteiger partial charge < -0.3 is 35.9 Å². The summed E-state index contributed by atoms with van der Waals surface area (Å²) in [6.45, 7) is 10.0. The van der Waals surface area contributed by atoms with Gasteiger partial charge in [0.2, 0.25) is 17.8 Å². The number of nitrogens with two attached hydrogens (primary N) is 1. The molecule has 10 nitrogen and oxygen atoms in total. The van der Waals surface area contributed by atoms with E-state index in [0.717, 1.165) is 32.4 Å². The Morgan fingerprint density at radius 1 is 0.966 bits per heavy atom. The highest BCUT2D eigenvalue weighted by Crippen LogP contribution is 2.14. The lowest BCUT2D eigenvalue weighted by Gasteiger charge is -2.14. The summed E-state index contributed by atoms with van der Waals surface area (Å²) in [4.78, 5) is 13.4. The van der Waals surface area contributed by atoms with E-state index in [1.165, 1.54) is 0 Å². The molecule has 1 aromatic heterocycles. The van der Waals surface area contributed by atoms with Crippen molar-refractivity contribution < 1.29 is 14.2 Å². The minimum atomic E-state index is 0.218. The highest BCUT2D eigenvalue weighted by atomic mass is 16.5. The number of anilines is 3. The van der Waals surface area contributed by atoms with E-state index >= 15 is 0 Å². The maximum Gasteiger partial charge on any atom is 0.229 e. The molecular formula is C19H37N7O3. The standard InChI is InChI=1S/C19H37N7O3/c1-15(2)5-7-21-17-24-18(22-8-11-28-13-12-27-10-6-20)26-19(25-17)23-14-16-4-3-9-29-16/h15-16H,3-14,20H2,1-2H3,(H3,21,22,23,24,25,26). The van der Waals surface area contributed by atoms with Crippen LogP contribution in [0.1, 0.15) is 33.1 Å². The third kappa shape index (κ3) is 10.6. The molecular weight excluding hydrogens is 374 g/mol. The highest BCUT2D eigenvalue weighted by Gasteiger charge is 2.16. The van der Waals surface area contributed by atoms with Gasteiger partial charge in [0.25, 0.3) is 0 Å². The molecule has 0 radical (unpaired) electrons. The average molecular weight is 412 g/mol. The predicted octanol–water partition coefficient (Wildman–Crippen LogP) is 1.32. The lowest BCUT2D eigenvalue weighted by molar-refractivity contribution is 0.0547. The number of aromatic nitrogens is 3.